The van der Waals surface area contributed by atoms with E-state index in [-0.39, 0.29) is 24.2 Å². The van der Waals surface area contributed by atoms with Crippen LogP contribution < -0.4 is 0 Å². The van der Waals surface area contributed by atoms with Crippen LogP contribution in [-0.2, 0) is 24.3 Å². The van der Waals surface area contributed by atoms with Crippen molar-refractivity contribution in [2.24, 2.45) is 5.92 Å². The molecule has 22 heavy (non-hydrogen) atoms. The molecule has 8 heteroatoms. The Morgan fingerprint density at radius 2 is 2.09 bits per heavy atom. The summed E-state index contributed by atoms with van der Waals surface area (Å²) in [6.07, 6.45) is 1.46. The topological polar surface area (TPSA) is 76.1 Å². The van der Waals surface area contributed by atoms with Gasteiger partial charge in [-0.05, 0) is 12.8 Å². The fourth-order valence-corrected chi connectivity index (χ4v) is 4.53. The summed E-state index contributed by atoms with van der Waals surface area (Å²) in [4.78, 5) is 13.0. The summed E-state index contributed by atoms with van der Waals surface area (Å²) in [7, 11) is 0.224. The minimum absolute atomic E-state index is 0.0530. The van der Waals surface area contributed by atoms with E-state index < -0.39 is 15.6 Å². The summed E-state index contributed by atoms with van der Waals surface area (Å²) in [5.74, 6) is 0.256. The predicted octanol–water partition coefficient (Wildman–Crippen LogP) is -0.0781. The highest BCUT2D eigenvalue weighted by Crippen LogP contribution is 2.41. The molecule has 1 spiro atoms. The molecule has 0 aromatic heterocycles. The minimum atomic E-state index is -3.15. The first kappa shape index (κ1) is 17.7. The summed E-state index contributed by atoms with van der Waals surface area (Å²) in [6.45, 7) is 3.78. The Bertz CT molecular complexity index is 499. The second-order valence-electron chi connectivity index (χ2n) is 6.29. The molecule has 1 atom stereocenters. The minimum Gasteiger partial charge on any atom is -0.372 e. The number of amides is 1. The summed E-state index contributed by atoms with van der Waals surface area (Å²) in [5.41, 5.74) is -0.415. The van der Waals surface area contributed by atoms with E-state index in [4.69, 9.17) is 9.47 Å². The molecule has 0 aliphatic carbocycles. The van der Waals surface area contributed by atoms with Crippen molar-refractivity contribution in [1.82, 2.24) is 9.21 Å². The van der Waals surface area contributed by atoms with E-state index in [0.29, 0.717) is 32.7 Å². The molecule has 0 radical (unpaired) electrons. The summed E-state index contributed by atoms with van der Waals surface area (Å²) >= 11 is 0. The van der Waals surface area contributed by atoms with Crippen LogP contribution >= 0.6 is 0 Å². The Morgan fingerprint density at radius 1 is 1.41 bits per heavy atom. The number of rotatable bonds is 7. The van der Waals surface area contributed by atoms with Crippen molar-refractivity contribution in [3.63, 3.8) is 0 Å². The summed E-state index contributed by atoms with van der Waals surface area (Å²) in [6, 6.07) is 0. The number of likely N-dealkylation sites (N-methyl/N-ethyl adjacent to an activating group) is 1. The van der Waals surface area contributed by atoms with Crippen molar-refractivity contribution < 1.29 is 22.7 Å². The highest BCUT2D eigenvalue weighted by Gasteiger charge is 2.56. The van der Waals surface area contributed by atoms with Crippen LogP contribution in [0.2, 0.25) is 0 Å². The zero-order chi connectivity index (χ0) is 16.4. The Labute approximate surface area is 132 Å². The normalized spacial score (nSPS) is 24.4. The molecule has 1 amide bonds. The van der Waals surface area contributed by atoms with Crippen LogP contribution in [0.5, 0.6) is 0 Å². The molecule has 2 saturated heterocycles. The summed E-state index contributed by atoms with van der Waals surface area (Å²) in [5, 5.41) is 0. The third kappa shape index (κ3) is 3.61. The maximum Gasteiger partial charge on any atom is 0.248 e. The molecule has 0 bridgehead atoms. The molecular weight excluding hydrogens is 308 g/mol. The van der Waals surface area contributed by atoms with Gasteiger partial charge in [0.15, 0.2) is 0 Å². The van der Waals surface area contributed by atoms with Crippen LogP contribution in [0.4, 0.5) is 0 Å². The number of nitrogens with zero attached hydrogens (tertiary/aromatic N) is 2. The fraction of sp³-hybridized carbons (Fsp3) is 0.929. The van der Waals surface area contributed by atoms with Gasteiger partial charge in [-0.2, -0.15) is 4.31 Å². The van der Waals surface area contributed by atoms with Gasteiger partial charge in [-0.1, -0.05) is 6.92 Å². The Morgan fingerprint density at radius 3 is 2.68 bits per heavy atom. The molecule has 2 rings (SSSR count). The van der Waals surface area contributed by atoms with E-state index in [1.807, 2.05) is 6.92 Å². The van der Waals surface area contributed by atoms with E-state index >= 15 is 0 Å². The lowest BCUT2D eigenvalue weighted by atomic mass is 9.83. The van der Waals surface area contributed by atoms with E-state index in [1.54, 1.807) is 14.1 Å². The highest BCUT2D eigenvalue weighted by atomic mass is 32.2. The average Bonchev–Trinajstić information content (AvgIpc) is 2.80. The molecular formula is C14H26N2O5S. The first-order valence-electron chi connectivity index (χ1n) is 7.70. The number of carbonyl (C=O) groups excluding carboxylic acids is 1. The number of ether oxygens (including phenoxy) is 2. The first-order valence-corrected chi connectivity index (χ1v) is 9.31. The van der Waals surface area contributed by atoms with Crippen molar-refractivity contribution in [2.75, 3.05) is 52.8 Å². The van der Waals surface area contributed by atoms with Gasteiger partial charge in [0.05, 0.1) is 12.4 Å². The van der Waals surface area contributed by atoms with Crippen molar-refractivity contribution >= 4 is 15.9 Å². The van der Waals surface area contributed by atoms with Gasteiger partial charge in [0.25, 0.3) is 0 Å². The average molecular weight is 334 g/mol. The highest BCUT2D eigenvalue weighted by molar-refractivity contribution is 7.89. The van der Waals surface area contributed by atoms with Crippen LogP contribution in [0, 0.1) is 5.92 Å². The lowest BCUT2D eigenvalue weighted by molar-refractivity contribution is -0.138. The molecule has 2 fully saturated rings. The molecule has 0 unspecified atom stereocenters. The van der Waals surface area contributed by atoms with Crippen LogP contribution in [-0.4, -0.2) is 81.9 Å². The molecule has 0 saturated carbocycles. The van der Waals surface area contributed by atoms with Gasteiger partial charge in [0, 0.05) is 39.7 Å². The van der Waals surface area contributed by atoms with Gasteiger partial charge in [-0.3, -0.25) is 4.79 Å². The summed E-state index contributed by atoms with van der Waals surface area (Å²) < 4.78 is 36.9. The van der Waals surface area contributed by atoms with Gasteiger partial charge in [0.1, 0.15) is 12.2 Å². The fourth-order valence-electron chi connectivity index (χ4n) is 2.92. The van der Waals surface area contributed by atoms with Crippen LogP contribution in [0.15, 0.2) is 0 Å². The van der Waals surface area contributed by atoms with E-state index in [1.165, 1.54) is 9.21 Å². The third-order valence-electron chi connectivity index (χ3n) is 4.39. The number of carbonyl (C=O) groups is 1. The Kier molecular flexibility index (Phi) is 5.47. The monoisotopic (exact) mass is 334 g/mol. The quantitative estimate of drug-likeness (QED) is 0.651. The lowest BCUT2D eigenvalue weighted by Gasteiger charge is -2.49. The van der Waals surface area contributed by atoms with E-state index in [0.717, 1.165) is 6.42 Å². The van der Waals surface area contributed by atoms with E-state index in [2.05, 4.69) is 0 Å². The van der Waals surface area contributed by atoms with Gasteiger partial charge in [0.2, 0.25) is 15.9 Å². The molecule has 0 aromatic carbocycles. The SMILES string of the molecule is CCCS(=O)(=O)N1CC2(C1)OCC[C@@H]2COCC(=O)N(C)C. The molecule has 7 nitrogen and oxygen atoms in total. The van der Waals surface area contributed by atoms with E-state index in [9.17, 15) is 13.2 Å². The molecule has 2 aliphatic heterocycles. The van der Waals surface area contributed by atoms with Crippen LogP contribution in [0.25, 0.3) is 0 Å². The Balaban J connectivity index is 1.84. The third-order valence-corrected chi connectivity index (χ3v) is 6.36. The zero-order valence-electron chi connectivity index (χ0n) is 13.6. The smallest absolute Gasteiger partial charge is 0.248 e. The predicted molar refractivity (Wildman–Crippen MR) is 82.0 cm³/mol. The first-order chi connectivity index (χ1) is 10.3. The molecule has 0 N–H and O–H groups in total. The second-order valence-corrected chi connectivity index (χ2v) is 8.37. The Hall–Kier alpha value is -0.700. The van der Waals surface area contributed by atoms with Crippen molar-refractivity contribution in [3.8, 4) is 0 Å². The van der Waals surface area contributed by atoms with Crippen molar-refractivity contribution in [3.05, 3.63) is 0 Å². The largest absolute Gasteiger partial charge is 0.372 e. The number of hydrogen-bond donors (Lipinski definition) is 0. The van der Waals surface area contributed by atoms with Crippen molar-refractivity contribution in [2.45, 2.75) is 25.4 Å². The van der Waals surface area contributed by atoms with Crippen LogP contribution in [0.1, 0.15) is 19.8 Å². The van der Waals surface area contributed by atoms with Gasteiger partial charge in [-0.25, -0.2) is 8.42 Å². The number of hydrogen-bond acceptors (Lipinski definition) is 5. The molecule has 0 aromatic rings. The number of sulfonamides is 1. The maximum atomic E-state index is 12.0. The zero-order valence-corrected chi connectivity index (χ0v) is 14.4. The van der Waals surface area contributed by atoms with Crippen LogP contribution in [0.3, 0.4) is 0 Å². The molecule has 128 valence electrons. The van der Waals surface area contributed by atoms with Gasteiger partial charge >= 0.3 is 0 Å². The molecule has 2 aliphatic rings. The maximum absolute atomic E-state index is 12.0. The standard InChI is InChI=1S/C14H26N2O5S/c1-4-7-22(18,19)16-10-14(11-16)12(5-6-21-14)8-20-9-13(17)15(2)3/h12H,4-11H2,1-3H3/t12-/m1/s1. The van der Waals surface area contributed by atoms with Gasteiger partial charge in [-0.15, -0.1) is 0 Å². The van der Waals surface area contributed by atoms with Gasteiger partial charge < -0.3 is 14.4 Å². The lowest BCUT2D eigenvalue weighted by Crippen LogP contribution is -2.66. The second kappa shape index (κ2) is 6.82. The molecule has 2 heterocycles. The van der Waals surface area contributed by atoms with Crippen molar-refractivity contribution in [1.29, 1.82) is 0 Å².